The molecule has 0 bridgehead atoms. The van der Waals surface area contributed by atoms with Crippen molar-refractivity contribution in [3.63, 3.8) is 0 Å². The maximum Gasteiger partial charge on any atom is 0.244 e. The smallest absolute Gasteiger partial charge is 0.244 e. The van der Waals surface area contributed by atoms with Crippen LogP contribution in [0.15, 0.2) is 47.9 Å². The molecular formula is C25H26N4O5. The molecule has 34 heavy (non-hydrogen) atoms. The Morgan fingerprint density at radius 2 is 1.79 bits per heavy atom. The van der Waals surface area contributed by atoms with E-state index in [9.17, 15) is 5.26 Å². The molecule has 1 aliphatic rings. The van der Waals surface area contributed by atoms with Gasteiger partial charge in [0, 0.05) is 11.6 Å². The number of methoxy groups -OCH3 is 2. The Morgan fingerprint density at radius 3 is 2.47 bits per heavy atom. The first-order valence-corrected chi connectivity index (χ1v) is 10.8. The van der Waals surface area contributed by atoms with E-state index in [1.807, 2.05) is 44.2 Å². The van der Waals surface area contributed by atoms with Crippen LogP contribution < -0.4 is 29.4 Å². The van der Waals surface area contributed by atoms with Crippen molar-refractivity contribution in [2.75, 3.05) is 27.4 Å². The van der Waals surface area contributed by atoms with E-state index in [4.69, 9.17) is 29.4 Å². The van der Waals surface area contributed by atoms with Crippen LogP contribution in [0.3, 0.4) is 0 Å². The number of nitriles is 1. The van der Waals surface area contributed by atoms with Crippen LogP contribution >= 0.6 is 0 Å². The lowest BCUT2D eigenvalue weighted by atomic mass is 9.82. The summed E-state index contributed by atoms with van der Waals surface area (Å²) in [5.41, 5.74) is 9.24. The second kappa shape index (κ2) is 9.67. The predicted octanol–water partition coefficient (Wildman–Crippen LogP) is 4.11. The number of ether oxygens (including phenoxy) is 5. The summed E-state index contributed by atoms with van der Waals surface area (Å²) in [5.74, 6) is 2.16. The summed E-state index contributed by atoms with van der Waals surface area (Å²) in [6.07, 6.45) is 0. The molecule has 9 heteroatoms. The van der Waals surface area contributed by atoms with Crippen molar-refractivity contribution in [1.82, 2.24) is 10.2 Å². The summed E-state index contributed by atoms with van der Waals surface area (Å²) < 4.78 is 28.1. The first-order chi connectivity index (χ1) is 16.6. The Labute approximate surface area is 197 Å². The number of allylic oxidation sites excluding steroid dienone is 1. The van der Waals surface area contributed by atoms with Gasteiger partial charge in [-0.25, -0.2) is 0 Å². The number of aromatic amines is 1. The van der Waals surface area contributed by atoms with E-state index in [2.05, 4.69) is 16.3 Å². The minimum absolute atomic E-state index is 0.00422. The number of nitrogens with zero attached hydrogens (tertiary/aromatic N) is 2. The lowest BCUT2D eigenvalue weighted by molar-refractivity contribution is 0.324. The lowest BCUT2D eigenvalue weighted by Gasteiger charge is -2.25. The van der Waals surface area contributed by atoms with Crippen molar-refractivity contribution in [1.29, 1.82) is 5.26 Å². The highest BCUT2D eigenvalue weighted by atomic mass is 16.5. The van der Waals surface area contributed by atoms with Gasteiger partial charge in [0.2, 0.25) is 11.8 Å². The van der Waals surface area contributed by atoms with E-state index in [1.54, 1.807) is 20.3 Å². The molecule has 1 aliphatic heterocycles. The molecular weight excluding hydrogens is 436 g/mol. The van der Waals surface area contributed by atoms with Crippen LogP contribution in [0.5, 0.6) is 28.9 Å². The molecule has 0 saturated heterocycles. The van der Waals surface area contributed by atoms with Gasteiger partial charge in [0.25, 0.3) is 0 Å². The summed E-state index contributed by atoms with van der Waals surface area (Å²) in [6.45, 7) is 4.83. The van der Waals surface area contributed by atoms with Crippen molar-refractivity contribution < 1.29 is 23.7 Å². The SMILES string of the molecule is CCOc1ccc(-c2[nH]nc3c2C(c2ccc(OC)c(OC)c2)C(C#N)=C(N)O3)c(OCC)c1. The first kappa shape index (κ1) is 22.9. The van der Waals surface area contributed by atoms with Gasteiger partial charge < -0.3 is 29.4 Å². The maximum absolute atomic E-state index is 9.98. The van der Waals surface area contributed by atoms with Crippen LogP contribution in [-0.2, 0) is 0 Å². The average Bonchev–Trinajstić information content (AvgIpc) is 3.26. The Kier molecular flexibility index (Phi) is 6.50. The Bertz CT molecular complexity index is 1270. The van der Waals surface area contributed by atoms with Crippen LogP contribution in [-0.4, -0.2) is 37.6 Å². The molecule has 0 fully saturated rings. The predicted molar refractivity (Wildman–Crippen MR) is 125 cm³/mol. The van der Waals surface area contributed by atoms with E-state index in [0.717, 1.165) is 11.1 Å². The summed E-state index contributed by atoms with van der Waals surface area (Å²) in [7, 11) is 3.13. The zero-order valence-electron chi connectivity index (χ0n) is 19.5. The van der Waals surface area contributed by atoms with Crippen LogP contribution in [0, 0.1) is 11.3 Å². The highest BCUT2D eigenvalue weighted by Crippen LogP contribution is 2.48. The maximum atomic E-state index is 9.98. The van der Waals surface area contributed by atoms with Crippen molar-refractivity contribution in [2.24, 2.45) is 5.73 Å². The van der Waals surface area contributed by atoms with Gasteiger partial charge >= 0.3 is 0 Å². The standard InChI is InChI=1S/C25H26N4O5/c1-5-32-15-8-9-16(19(12-15)33-6-2)23-22-21(14-7-10-18(30-3)20(11-14)31-4)17(13-26)24(27)34-25(22)29-28-23/h7-12,21H,5-6,27H2,1-4H3,(H,28,29). The van der Waals surface area contributed by atoms with E-state index in [-0.39, 0.29) is 11.5 Å². The lowest BCUT2D eigenvalue weighted by Crippen LogP contribution is -2.21. The van der Waals surface area contributed by atoms with Crippen molar-refractivity contribution in [2.45, 2.75) is 19.8 Å². The summed E-state index contributed by atoms with van der Waals surface area (Å²) in [4.78, 5) is 0. The number of benzene rings is 2. The van der Waals surface area contributed by atoms with E-state index >= 15 is 0 Å². The first-order valence-electron chi connectivity index (χ1n) is 10.8. The van der Waals surface area contributed by atoms with Gasteiger partial charge in [0.15, 0.2) is 11.5 Å². The largest absolute Gasteiger partial charge is 0.494 e. The monoisotopic (exact) mass is 462 g/mol. The fraction of sp³-hybridized carbons (Fsp3) is 0.280. The molecule has 0 aliphatic carbocycles. The second-order valence-corrected chi connectivity index (χ2v) is 7.38. The van der Waals surface area contributed by atoms with Crippen LogP contribution in [0.1, 0.15) is 30.9 Å². The molecule has 1 atom stereocenters. The molecule has 2 heterocycles. The molecule has 1 aromatic heterocycles. The molecule has 3 aromatic rings. The number of aromatic nitrogens is 2. The van der Waals surface area contributed by atoms with Gasteiger partial charge in [-0.05, 0) is 43.7 Å². The molecule has 0 radical (unpaired) electrons. The average molecular weight is 463 g/mol. The quantitative estimate of drug-likeness (QED) is 0.512. The highest BCUT2D eigenvalue weighted by molar-refractivity contribution is 5.76. The molecule has 3 N–H and O–H groups in total. The van der Waals surface area contributed by atoms with E-state index < -0.39 is 5.92 Å². The number of hydrogen-bond donors (Lipinski definition) is 2. The van der Waals surface area contributed by atoms with Gasteiger partial charge in [-0.15, -0.1) is 5.10 Å². The van der Waals surface area contributed by atoms with Gasteiger partial charge in [-0.1, -0.05) is 6.07 Å². The number of hydrogen-bond acceptors (Lipinski definition) is 8. The van der Waals surface area contributed by atoms with Crippen LogP contribution in [0.2, 0.25) is 0 Å². The molecule has 0 spiro atoms. The number of H-pyrrole nitrogens is 1. The van der Waals surface area contributed by atoms with E-state index in [0.29, 0.717) is 53.3 Å². The van der Waals surface area contributed by atoms with Crippen molar-refractivity contribution in [3.05, 3.63) is 59.0 Å². The third-order valence-electron chi connectivity index (χ3n) is 5.51. The molecule has 0 amide bonds. The minimum atomic E-state index is -0.552. The van der Waals surface area contributed by atoms with Crippen molar-refractivity contribution in [3.8, 4) is 46.2 Å². The van der Waals surface area contributed by atoms with Gasteiger partial charge in [0.05, 0.1) is 44.6 Å². The summed E-state index contributed by atoms with van der Waals surface area (Å²) in [5, 5.41) is 17.4. The van der Waals surface area contributed by atoms with E-state index in [1.165, 1.54) is 0 Å². The highest BCUT2D eigenvalue weighted by Gasteiger charge is 2.36. The molecule has 0 saturated carbocycles. The zero-order chi connectivity index (χ0) is 24.2. The topological polar surface area (TPSA) is 125 Å². The molecule has 4 rings (SSSR count). The van der Waals surface area contributed by atoms with Gasteiger partial charge in [-0.2, -0.15) is 5.26 Å². The van der Waals surface area contributed by atoms with Crippen LogP contribution in [0.25, 0.3) is 11.3 Å². The summed E-state index contributed by atoms with van der Waals surface area (Å²) in [6, 6.07) is 13.3. The third-order valence-corrected chi connectivity index (χ3v) is 5.51. The summed E-state index contributed by atoms with van der Waals surface area (Å²) >= 11 is 0. The third kappa shape index (κ3) is 3.94. The fourth-order valence-electron chi connectivity index (χ4n) is 4.06. The van der Waals surface area contributed by atoms with Gasteiger partial charge in [-0.3, -0.25) is 5.10 Å². The second-order valence-electron chi connectivity index (χ2n) is 7.38. The Hall–Kier alpha value is -4.32. The molecule has 2 aromatic carbocycles. The number of nitrogens with one attached hydrogen (secondary N) is 1. The normalized spacial score (nSPS) is 14.6. The number of rotatable bonds is 8. The Balaban J connectivity index is 1.92. The fourth-order valence-corrected chi connectivity index (χ4v) is 4.06. The van der Waals surface area contributed by atoms with Crippen LogP contribution in [0.4, 0.5) is 0 Å². The Morgan fingerprint density at radius 1 is 1.03 bits per heavy atom. The van der Waals surface area contributed by atoms with Gasteiger partial charge in [0.1, 0.15) is 23.1 Å². The molecule has 176 valence electrons. The van der Waals surface area contributed by atoms with Crippen molar-refractivity contribution >= 4 is 0 Å². The number of fused-ring (bicyclic) bond motifs is 1. The molecule has 1 unspecified atom stereocenters. The molecule has 9 nitrogen and oxygen atoms in total. The minimum Gasteiger partial charge on any atom is -0.494 e. The number of nitrogens with two attached hydrogens (primary N) is 1. The zero-order valence-corrected chi connectivity index (χ0v) is 19.5.